The number of rotatable bonds is 7. The van der Waals surface area contributed by atoms with Gasteiger partial charge in [-0.1, -0.05) is 36.4 Å². The summed E-state index contributed by atoms with van der Waals surface area (Å²) >= 11 is 0. The monoisotopic (exact) mass is 382 g/mol. The lowest BCUT2D eigenvalue weighted by molar-refractivity contribution is -0.128. The molecule has 0 unspecified atom stereocenters. The Kier molecular flexibility index (Phi) is 7.00. The van der Waals surface area contributed by atoms with Crippen LogP contribution < -0.4 is 10.6 Å². The number of halogens is 1. The van der Waals surface area contributed by atoms with E-state index >= 15 is 0 Å². The van der Waals surface area contributed by atoms with Gasteiger partial charge in [0.15, 0.2) is 5.96 Å². The average molecular weight is 382 g/mol. The second-order valence-corrected chi connectivity index (χ2v) is 6.97. The van der Waals surface area contributed by atoms with Gasteiger partial charge in [0.05, 0.1) is 0 Å². The number of benzene rings is 2. The van der Waals surface area contributed by atoms with E-state index in [1.54, 1.807) is 19.2 Å². The number of nitrogens with zero attached hydrogens (tertiary/aromatic N) is 2. The van der Waals surface area contributed by atoms with E-state index in [9.17, 15) is 9.18 Å². The number of amides is 1. The molecule has 0 bridgehead atoms. The van der Waals surface area contributed by atoms with E-state index in [2.05, 4.69) is 39.9 Å². The molecule has 1 heterocycles. The van der Waals surface area contributed by atoms with Gasteiger partial charge in [-0.05, 0) is 41.7 Å². The molecule has 2 aromatic rings. The minimum absolute atomic E-state index is 0.211. The van der Waals surface area contributed by atoms with E-state index in [1.807, 2.05) is 11.0 Å². The second kappa shape index (κ2) is 9.88. The highest BCUT2D eigenvalue weighted by molar-refractivity contribution is 5.79. The van der Waals surface area contributed by atoms with Crippen LogP contribution in [0.15, 0.2) is 53.5 Å². The minimum atomic E-state index is -0.211. The van der Waals surface area contributed by atoms with Crippen LogP contribution in [0.2, 0.25) is 0 Å². The molecule has 0 aromatic heterocycles. The smallest absolute Gasteiger partial charge is 0.222 e. The van der Waals surface area contributed by atoms with Crippen LogP contribution in [0.1, 0.15) is 29.5 Å². The number of aliphatic imine (C=N–C) groups is 1. The summed E-state index contributed by atoms with van der Waals surface area (Å²) in [6.07, 6.45) is 2.36. The molecule has 2 N–H and O–H groups in total. The van der Waals surface area contributed by atoms with E-state index in [1.165, 1.54) is 6.07 Å². The highest BCUT2D eigenvalue weighted by atomic mass is 19.1. The van der Waals surface area contributed by atoms with Crippen LogP contribution in [0.25, 0.3) is 0 Å². The number of guanidine groups is 1. The Morgan fingerprint density at radius 3 is 2.57 bits per heavy atom. The Morgan fingerprint density at radius 2 is 1.89 bits per heavy atom. The lowest BCUT2D eigenvalue weighted by atomic mass is 10.1. The second-order valence-electron chi connectivity index (χ2n) is 6.97. The Hall–Kier alpha value is -2.89. The lowest BCUT2D eigenvalue weighted by Gasteiger charge is -2.16. The molecule has 1 amide bonds. The summed E-state index contributed by atoms with van der Waals surface area (Å²) in [6.45, 7) is 2.88. The Morgan fingerprint density at radius 1 is 1.11 bits per heavy atom. The van der Waals surface area contributed by atoms with Crippen molar-refractivity contribution in [3.63, 3.8) is 0 Å². The van der Waals surface area contributed by atoms with Gasteiger partial charge in [0.1, 0.15) is 5.82 Å². The van der Waals surface area contributed by atoms with Crippen LogP contribution in [0.3, 0.4) is 0 Å². The predicted octanol–water partition coefficient (Wildman–Crippen LogP) is 2.86. The van der Waals surface area contributed by atoms with E-state index in [-0.39, 0.29) is 11.7 Å². The molecule has 1 saturated heterocycles. The highest BCUT2D eigenvalue weighted by Crippen LogP contribution is 2.14. The molecule has 0 spiro atoms. The van der Waals surface area contributed by atoms with Gasteiger partial charge in [0.2, 0.25) is 5.91 Å². The molecule has 1 aliphatic heterocycles. The fourth-order valence-corrected chi connectivity index (χ4v) is 3.28. The van der Waals surface area contributed by atoms with Gasteiger partial charge in [-0.3, -0.25) is 9.79 Å². The van der Waals surface area contributed by atoms with Crippen molar-refractivity contribution in [3.05, 3.63) is 71.0 Å². The normalized spacial score (nSPS) is 14.4. The van der Waals surface area contributed by atoms with E-state index in [4.69, 9.17) is 0 Å². The molecule has 148 valence electrons. The summed E-state index contributed by atoms with van der Waals surface area (Å²) in [5.74, 6) is 0.750. The SMILES string of the molecule is CN=C(NCCc1cccc(F)c1)NCc1ccc(CN2CCCC2=O)cc1. The first-order valence-corrected chi connectivity index (χ1v) is 9.68. The number of likely N-dealkylation sites (tertiary alicyclic amines) is 1. The molecular formula is C22H27FN4O. The zero-order chi connectivity index (χ0) is 19.8. The fraction of sp³-hybridized carbons (Fsp3) is 0.364. The highest BCUT2D eigenvalue weighted by Gasteiger charge is 2.19. The van der Waals surface area contributed by atoms with Gasteiger partial charge in [-0.15, -0.1) is 0 Å². The van der Waals surface area contributed by atoms with Crippen molar-refractivity contribution in [2.45, 2.75) is 32.4 Å². The van der Waals surface area contributed by atoms with Crippen molar-refractivity contribution in [2.75, 3.05) is 20.1 Å². The van der Waals surface area contributed by atoms with E-state index in [0.717, 1.165) is 36.1 Å². The first-order valence-electron chi connectivity index (χ1n) is 9.68. The molecule has 28 heavy (non-hydrogen) atoms. The summed E-state index contributed by atoms with van der Waals surface area (Å²) in [4.78, 5) is 17.9. The van der Waals surface area contributed by atoms with Gasteiger partial charge >= 0.3 is 0 Å². The molecule has 3 rings (SSSR count). The topological polar surface area (TPSA) is 56.7 Å². The van der Waals surface area contributed by atoms with Crippen LogP contribution in [0, 0.1) is 5.82 Å². The fourth-order valence-electron chi connectivity index (χ4n) is 3.28. The first kappa shape index (κ1) is 19.9. The maximum atomic E-state index is 13.2. The summed E-state index contributed by atoms with van der Waals surface area (Å²) in [6, 6.07) is 14.9. The Bertz CT molecular complexity index is 820. The van der Waals surface area contributed by atoms with E-state index in [0.29, 0.717) is 32.0 Å². The van der Waals surface area contributed by atoms with Gasteiger partial charge in [0.25, 0.3) is 0 Å². The Labute approximate surface area is 165 Å². The maximum absolute atomic E-state index is 13.2. The molecule has 0 saturated carbocycles. The zero-order valence-electron chi connectivity index (χ0n) is 16.2. The van der Waals surface area contributed by atoms with Crippen molar-refractivity contribution < 1.29 is 9.18 Å². The standard InChI is InChI=1S/C22H27FN4O/c1-24-22(25-12-11-17-4-2-5-20(23)14-17)26-15-18-7-9-19(10-8-18)16-27-13-3-6-21(27)28/h2,4-5,7-10,14H,3,6,11-13,15-16H2,1H3,(H2,24,25,26). The molecule has 5 nitrogen and oxygen atoms in total. The van der Waals surface area contributed by atoms with Crippen molar-refractivity contribution in [3.8, 4) is 0 Å². The molecule has 1 aliphatic rings. The van der Waals surface area contributed by atoms with Crippen molar-refractivity contribution >= 4 is 11.9 Å². The summed E-state index contributed by atoms with van der Waals surface area (Å²) in [5, 5.41) is 6.53. The zero-order valence-corrected chi connectivity index (χ0v) is 16.2. The molecule has 0 aliphatic carbocycles. The van der Waals surface area contributed by atoms with Gasteiger partial charge in [-0.2, -0.15) is 0 Å². The van der Waals surface area contributed by atoms with Gasteiger partial charge in [-0.25, -0.2) is 4.39 Å². The molecule has 6 heteroatoms. The van der Waals surface area contributed by atoms with Crippen molar-refractivity contribution in [2.24, 2.45) is 4.99 Å². The molecule has 2 aromatic carbocycles. The number of carbonyl (C=O) groups excluding carboxylic acids is 1. The predicted molar refractivity (Wildman–Crippen MR) is 109 cm³/mol. The summed E-state index contributed by atoms with van der Waals surface area (Å²) in [7, 11) is 1.73. The van der Waals surface area contributed by atoms with Crippen molar-refractivity contribution in [1.29, 1.82) is 0 Å². The summed E-state index contributed by atoms with van der Waals surface area (Å²) < 4.78 is 13.2. The molecule has 0 atom stereocenters. The maximum Gasteiger partial charge on any atom is 0.222 e. The first-order chi connectivity index (χ1) is 13.6. The largest absolute Gasteiger partial charge is 0.356 e. The minimum Gasteiger partial charge on any atom is -0.356 e. The molecule has 1 fully saturated rings. The molecule has 0 radical (unpaired) electrons. The quantitative estimate of drug-likeness (QED) is 0.572. The lowest BCUT2D eigenvalue weighted by Crippen LogP contribution is -2.37. The van der Waals surface area contributed by atoms with Crippen LogP contribution >= 0.6 is 0 Å². The Balaban J connectivity index is 1.42. The number of carbonyl (C=O) groups is 1. The van der Waals surface area contributed by atoms with Gasteiger partial charge < -0.3 is 15.5 Å². The number of hydrogen-bond donors (Lipinski definition) is 2. The van der Waals surface area contributed by atoms with Crippen LogP contribution in [0.4, 0.5) is 4.39 Å². The average Bonchev–Trinajstić information content (AvgIpc) is 3.10. The summed E-state index contributed by atoms with van der Waals surface area (Å²) in [5.41, 5.74) is 3.25. The van der Waals surface area contributed by atoms with Crippen molar-refractivity contribution in [1.82, 2.24) is 15.5 Å². The molecular weight excluding hydrogens is 355 g/mol. The third-order valence-corrected chi connectivity index (χ3v) is 4.85. The third kappa shape index (κ3) is 5.81. The number of nitrogens with one attached hydrogen (secondary N) is 2. The van der Waals surface area contributed by atoms with E-state index < -0.39 is 0 Å². The van der Waals surface area contributed by atoms with Crippen LogP contribution in [-0.2, 0) is 24.3 Å². The number of hydrogen-bond acceptors (Lipinski definition) is 2. The van der Waals surface area contributed by atoms with Crippen LogP contribution in [-0.4, -0.2) is 36.9 Å². The van der Waals surface area contributed by atoms with Gasteiger partial charge in [0, 0.05) is 39.6 Å². The van der Waals surface area contributed by atoms with Crippen LogP contribution in [0.5, 0.6) is 0 Å². The third-order valence-electron chi connectivity index (χ3n) is 4.85.